The zero-order chi connectivity index (χ0) is 13.8. The lowest BCUT2D eigenvalue weighted by atomic mass is 9.99. The number of nitrogens with one attached hydrogen (secondary N) is 2. The van der Waals surface area contributed by atoms with E-state index >= 15 is 0 Å². The van der Waals surface area contributed by atoms with Gasteiger partial charge in [-0.15, -0.1) is 0 Å². The quantitative estimate of drug-likeness (QED) is 0.794. The molecule has 3 N–H and O–H groups in total. The van der Waals surface area contributed by atoms with Crippen molar-refractivity contribution in [2.45, 2.75) is 12.8 Å². The Kier molecular flexibility index (Phi) is 4.55. The first-order valence-corrected chi connectivity index (χ1v) is 6.91. The maximum Gasteiger partial charge on any atom is 0.335 e. The second-order valence-electron chi connectivity index (χ2n) is 4.57. The first kappa shape index (κ1) is 14.0. The number of rotatable bonds is 3. The summed E-state index contributed by atoms with van der Waals surface area (Å²) >= 11 is 3.24. The zero-order valence-electron chi connectivity index (χ0n) is 10.3. The average Bonchev–Trinajstić information content (AvgIpc) is 2.39. The van der Waals surface area contributed by atoms with Crippen molar-refractivity contribution in [2.24, 2.45) is 5.92 Å². The van der Waals surface area contributed by atoms with Crippen LogP contribution in [-0.2, 0) is 4.79 Å². The molecule has 0 aliphatic carbocycles. The van der Waals surface area contributed by atoms with Crippen LogP contribution in [0, 0.1) is 5.92 Å². The molecule has 0 unspecified atom stereocenters. The molecule has 0 aromatic heterocycles. The fraction of sp³-hybridized carbons (Fsp3) is 0.385. The Morgan fingerprint density at radius 2 is 2.16 bits per heavy atom. The van der Waals surface area contributed by atoms with Gasteiger partial charge in [0.2, 0.25) is 5.91 Å². The van der Waals surface area contributed by atoms with Gasteiger partial charge in [-0.25, -0.2) is 4.79 Å². The van der Waals surface area contributed by atoms with E-state index in [4.69, 9.17) is 5.11 Å². The van der Waals surface area contributed by atoms with Gasteiger partial charge in [-0.05, 0) is 37.6 Å². The first-order chi connectivity index (χ1) is 9.06. The van der Waals surface area contributed by atoms with Crippen LogP contribution >= 0.6 is 15.9 Å². The molecule has 2 rings (SSSR count). The normalized spacial score (nSPS) is 18.9. The number of carbonyl (C=O) groups excluding carboxylic acids is 1. The summed E-state index contributed by atoms with van der Waals surface area (Å²) < 4.78 is 0.629. The highest BCUT2D eigenvalue weighted by Gasteiger charge is 2.21. The average molecular weight is 327 g/mol. The van der Waals surface area contributed by atoms with Gasteiger partial charge < -0.3 is 15.7 Å². The number of aromatic carboxylic acids is 1. The van der Waals surface area contributed by atoms with Gasteiger partial charge in [-0.3, -0.25) is 4.79 Å². The first-order valence-electron chi connectivity index (χ1n) is 6.12. The van der Waals surface area contributed by atoms with Gasteiger partial charge in [-0.1, -0.05) is 15.9 Å². The third kappa shape index (κ3) is 3.78. The minimum Gasteiger partial charge on any atom is -0.478 e. The Balaban J connectivity index is 2.09. The second-order valence-corrected chi connectivity index (χ2v) is 5.48. The Hall–Kier alpha value is -1.40. The second kappa shape index (κ2) is 6.16. The van der Waals surface area contributed by atoms with Crippen LogP contribution in [0.4, 0.5) is 5.69 Å². The standard InChI is InChI=1S/C13H15BrN2O3/c14-10-4-9(13(18)19)5-11(6-10)16-12(17)8-2-1-3-15-7-8/h4-6,8,15H,1-3,7H2,(H,16,17)(H,18,19)/t8-/m1/s1. The fourth-order valence-corrected chi connectivity index (χ4v) is 2.60. The number of carbonyl (C=O) groups is 2. The van der Waals surface area contributed by atoms with E-state index in [1.54, 1.807) is 6.07 Å². The van der Waals surface area contributed by atoms with Gasteiger partial charge in [0.15, 0.2) is 0 Å². The van der Waals surface area contributed by atoms with E-state index in [1.807, 2.05) is 0 Å². The molecule has 19 heavy (non-hydrogen) atoms. The van der Waals surface area contributed by atoms with Crippen molar-refractivity contribution in [2.75, 3.05) is 18.4 Å². The van der Waals surface area contributed by atoms with Crippen molar-refractivity contribution in [1.82, 2.24) is 5.32 Å². The molecule has 5 nitrogen and oxygen atoms in total. The molecule has 1 amide bonds. The molecule has 0 bridgehead atoms. The maximum atomic E-state index is 12.0. The smallest absolute Gasteiger partial charge is 0.335 e. The van der Waals surface area contributed by atoms with Crippen LogP contribution in [0.3, 0.4) is 0 Å². The maximum absolute atomic E-state index is 12.0. The Morgan fingerprint density at radius 3 is 2.79 bits per heavy atom. The minimum absolute atomic E-state index is 0.0546. The highest BCUT2D eigenvalue weighted by molar-refractivity contribution is 9.10. The van der Waals surface area contributed by atoms with Crippen LogP contribution in [0.1, 0.15) is 23.2 Å². The summed E-state index contributed by atoms with van der Waals surface area (Å²) in [5.41, 5.74) is 0.647. The highest BCUT2D eigenvalue weighted by Crippen LogP contribution is 2.21. The zero-order valence-corrected chi connectivity index (χ0v) is 11.9. The predicted octanol–water partition coefficient (Wildman–Crippen LogP) is 2.09. The summed E-state index contributed by atoms with van der Waals surface area (Å²) in [5.74, 6) is -1.14. The number of anilines is 1. The number of hydrogen-bond donors (Lipinski definition) is 3. The fourth-order valence-electron chi connectivity index (χ4n) is 2.11. The molecule has 0 saturated carbocycles. The van der Waals surface area contributed by atoms with Crippen LogP contribution in [0.2, 0.25) is 0 Å². The van der Waals surface area contributed by atoms with Gasteiger partial charge in [0.25, 0.3) is 0 Å². The third-order valence-corrected chi connectivity index (χ3v) is 3.54. The summed E-state index contributed by atoms with van der Waals surface area (Å²) in [6.45, 7) is 1.62. The van der Waals surface area contributed by atoms with E-state index in [1.165, 1.54) is 12.1 Å². The number of carboxylic acids is 1. The molecule has 1 atom stereocenters. The van der Waals surface area contributed by atoms with Gasteiger partial charge in [0.1, 0.15) is 0 Å². The van der Waals surface area contributed by atoms with Crippen molar-refractivity contribution in [3.8, 4) is 0 Å². The molecule has 1 aliphatic rings. The SMILES string of the molecule is O=C(O)c1cc(Br)cc(NC(=O)[C@@H]2CCCNC2)c1. The van der Waals surface area contributed by atoms with Gasteiger partial charge in [0, 0.05) is 16.7 Å². The summed E-state index contributed by atoms with van der Waals surface area (Å²) in [7, 11) is 0. The molecule has 102 valence electrons. The molecule has 0 spiro atoms. The third-order valence-electron chi connectivity index (χ3n) is 3.08. The van der Waals surface area contributed by atoms with Crippen molar-refractivity contribution in [1.29, 1.82) is 0 Å². The summed E-state index contributed by atoms with van der Waals surface area (Å²) in [4.78, 5) is 23.0. The molecule has 6 heteroatoms. The van der Waals surface area contributed by atoms with Crippen LogP contribution in [0.25, 0.3) is 0 Å². The Morgan fingerprint density at radius 1 is 1.37 bits per heavy atom. The van der Waals surface area contributed by atoms with Gasteiger partial charge in [0.05, 0.1) is 11.5 Å². The molecule has 0 radical (unpaired) electrons. The number of benzene rings is 1. The number of amides is 1. The Bertz CT molecular complexity index is 499. The molecular formula is C13H15BrN2O3. The summed E-state index contributed by atoms with van der Waals surface area (Å²) in [5, 5.41) is 14.9. The number of piperidine rings is 1. The summed E-state index contributed by atoms with van der Waals surface area (Å²) in [6, 6.07) is 4.65. The van der Waals surface area contributed by atoms with Crippen molar-refractivity contribution in [3.05, 3.63) is 28.2 Å². The molecular weight excluding hydrogens is 312 g/mol. The van der Waals surface area contributed by atoms with Gasteiger partial charge in [-0.2, -0.15) is 0 Å². The van der Waals surface area contributed by atoms with Crippen molar-refractivity contribution >= 4 is 33.5 Å². The molecule has 1 aliphatic heterocycles. The molecule has 1 saturated heterocycles. The van der Waals surface area contributed by atoms with Crippen LogP contribution < -0.4 is 10.6 Å². The van der Waals surface area contributed by atoms with E-state index in [2.05, 4.69) is 26.6 Å². The number of halogens is 1. The monoisotopic (exact) mass is 326 g/mol. The minimum atomic E-state index is -1.02. The van der Waals surface area contributed by atoms with E-state index in [0.29, 0.717) is 16.7 Å². The number of carboxylic acid groups (broad SMARTS) is 1. The number of hydrogen-bond acceptors (Lipinski definition) is 3. The van der Waals surface area contributed by atoms with E-state index < -0.39 is 5.97 Å². The topological polar surface area (TPSA) is 78.4 Å². The van der Waals surface area contributed by atoms with Gasteiger partial charge >= 0.3 is 5.97 Å². The largest absolute Gasteiger partial charge is 0.478 e. The van der Waals surface area contributed by atoms with Crippen LogP contribution in [0.5, 0.6) is 0 Å². The molecule has 1 heterocycles. The van der Waals surface area contributed by atoms with Crippen molar-refractivity contribution in [3.63, 3.8) is 0 Å². The van der Waals surface area contributed by atoms with Crippen LogP contribution in [0.15, 0.2) is 22.7 Å². The van der Waals surface area contributed by atoms with E-state index in [0.717, 1.165) is 19.4 Å². The van der Waals surface area contributed by atoms with Crippen LogP contribution in [-0.4, -0.2) is 30.1 Å². The Labute approximate surface area is 119 Å². The molecule has 1 aromatic carbocycles. The lowest BCUT2D eigenvalue weighted by molar-refractivity contribution is -0.120. The highest BCUT2D eigenvalue weighted by atomic mass is 79.9. The summed E-state index contributed by atoms with van der Waals surface area (Å²) in [6.07, 6.45) is 1.84. The predicted molar refractivity (Wildman–Crippen MR) is 75.3 cm³/mol. The lowest BCUT2D eigenvalue weighted by Crippen LogP contribution is -2.37. The molecule has 1 fully saturated rings. The van der Waals surface area contributed by atoms with E-state index in [-0.39, 0.29) is 17.4 Å². The molecule has 1 aromatic rings. The van der Waals surface area contributed by atoms with Crippen molar-refractivity contribution < 1.29 is 14.7 Å². The lowest BCUT2D eigenvalue weighted by Gasteiger charge is -2.22. The van der Waals surface area contributed by atoms with E-state index in [9.17, 15) is 9.59 Å².